The maximum Gasteiger partial charge on any atom is 0.124 e. The average Bonchev–Trinajstić information content (AvgIpc) is 3.43. The average molecular weight is 1010 g/mol. The molecule has 14 nitrogen and oxygen atoms in total. The summed E-state index contributed by atoms with van der Waals surface area (Å²) in [4.78, 5) is 14.0. The summed E-state index contributed by atoms with van der Waals surface area (Å²) in [6, 6.07) is 58.4. The number of fused-ring (bicyclic) bond motifs is 15. The van der Waals surface area contributed by atoms with Crippen molar-refractivity contribution in [1.29, 1.82) is 0 Å². The molecule has 14 heteroatoms. The number of para-hydroxylation sites is 3. The topological polar surface area (TPSA) is 109 Å². The van der Waals surface area contributed by atoms with Gasteiger partial charge in [0.15, 0.2) is 0 Å². The predicted octanol–water partition coefficient (Wildman–Crippen LogP) is 11.9. The molecule has 7 aromatic carbocycles. The molecule has 0 saturated carbocycles. The van der Waals surface area contributed by atoms with E-state index in [2.05, 4.69) is 201 Å². The Morgan fingerprint density at radius 2 is 0.720 bits per heavy atom. The van der Waals surface area contributed by atoms with Crippen LogP contribution in [0.3, 0.4) is 0 Å². The lowest BCUT2D eigenvalue weighted by atomic mass is 10.1. The molecule has 10 rings (SSSR count). The molecule has 3 aliphatic rings. The second-order valence-electron chi connectivity index (χ2n) is 19.3. The van der Waals surface area contributed by atoms with Crippen LogP contribution in [0.2, 0.25) is 0 Å². The summed E-state index contributed by atoms with van der Waals surface area (Å²) in [6.45, 7) is 10.5. The molecular weight excluding hydrogens is 935 g/mol. The van der Waals surface area contributed by atoms with Crippen molar-refractivity contribution in [1.82, 2.24) is 15.1 Å². The Morgan fingerprint density at radius 1 is 0.373 bits per heavy atom. The van der Waals surface area contributed by atoms with Crippen LogP contribution in [-0.4, -0.2) is 117 Å². The number of anilines is 4. The Labute approximate surface area is 443 Å². The third-order valence-electron chi connectivity index (χ3n) is 13.7. The van der Waals surface area contributed by atoms with Gasteiger partial charge in [-0.05, 0) is 115 Å². The summed E-state index contributed by atoms with van der Waals surface area (Å²) in [5.41, 5.74) is 11.1. The van der Waals surface area contributed by atoms with Crippen molar-refractivity contribution in [3.8, 4) is 17.2 Å². The first-order valence-corrected chi connectivity index (χ1v) is 26.2. The van der Waals surface area contributed by atoms with Crippen LogP contribution in [0.15, 0.2) is 190 Å². The second-order valence-corrected chi connectivity index (χ2v) is 19.3. The number of nitrogens with zero attached hydrogens (tertiary/aromatic N) is 10. The standard InChI is InChI=1S/C61H71N11O3/c1-67(2)55-25-17-51(18-26-55)63-65-53-21-29-57(30-22-53)71-37-35-69-34-33-62-45-48-11-5-8-14-59(48)73-42-39-70(40-43-74-60-15-9-6-12-49(60)46-71)41-44-75-61-16-10-7-13-50(61)47-72(38-36-69)58-31-23-54(24-32-58)66-64-52-19-27-56(28-20-52)68(3)4/h5-32,62H,33-47H2,1-4H3. The van der Waals surface area contributed by atoms with E-state index in [1.54, 1.807) is 0 Å². The summed E-state index contributed by atoms with van der Waals surface area (Å²) in [6.07, 6.45) is 0. The van der Waals surface area contributed by atoms with Crippen molar-refractivity contribution < 1.29 is 14.2 Å². The number of hydrogen-bond donors (Lipinski definition) is 1. The quantitative estimate of drug-likeness (QED) is 0.148. The lowest BCUT2D eigenvalue weighted by Crippen LogP contribution is -2.42. The van der Waals surface area contributed by atoms with Crippen molar-refractivity contribution in [3.05, 3.63) is 187 Å². The van der Waals surface area contributed by atoms with Crippen LogP contribution in [0.25, 0.3) is 0 Å². The number of azo groups is 2. The summed E-state index contributed by atoms with van der Waals surface area (Å²) in [5.74, 6) is 2.68. The van der Waals surface area contributed by atoms with Gasteiger partial charge < -0.3 is 39.1 Å². The van der Waals surface area contributed by atoms with Gasteiger partial charge in [-0.1, -0.05) is 54.6 Å². The smallest absolute Gasteiger partial charge is 0.124 e. The highest BCUT2D eigenvalue weighted by Gasteiger charge is 2.19. The molecule has 388 valence electrons. The van der Waals surface area contributed by atoms with Gasteiger partial charge >= 0.3 is 0 Å². The van der Waals surface area contributed by atoms with Gasteiger partial charge in [0.25, 0.3) is 0 Å². The van der Waals surface area contributed by atoms with Crippen LogP contribution in [0.4, 0.5) is 45.5 Å². The molecule has 0 fully saturated rings. The van der Waals surface area contributed by atoms with Gasteiger partial charge in [0, 0.05) is 146 Å². The SMILES string of the molecule is CN(C)c1ccc(N=Nc2ccc(N3CCN4CCNCc5ccccc5OCCN(CCOc5ccccc5C3)CCOc3ccccc3CN(c3ccc(N=Nc5ccc(N(C)C)cc5)cc3)CC4)cc2)cc1. The number of rotatable bonds is 8. The zero-order chi connectivity index (χ0) is 51.6. The van der Waals surface area contributed by atoms with Crippen molar-refractivity contribution in [2.45, 2.75) is 19.6 Å². The molecule has 0 spiro atoms. The lowest BCUT2D eigenvalue weighted by Gasteiger charge is -2.33. The number of benzene rings is 7. The van der Waals surface area contributed by atoms with E-state index in [0.29, 0.717) is 59.1 Å². The first kappa shape index (κ1) is 52.1. The minimum absolute atomic E-state index is 0.512. The molecule has 0 amide bonds. The minimum atomic E-state index is 0.512. The molecule has 1 N–H and O–H groups in total. The highest BCUT2D eigenvalue weighted by atomic mass is 16.5. The highest BCUT2D eigenvalue weighted by Crippen LogP contribution is 2.30. The molecule has 0 saturated heterocycles. The zero-order valence-electron chi connectivity index (χ0n) is 44.0. The fourth-order valence-corrected chi connectivity index (χ4v) is 9.19. The molecule has 0 unspecified atom stereocenters. The Hall–Kier alpha value is -7.78. The molecule has 7 aromatic rings. The third kappa shape index (κ3) is 15.2. The van der Waals surface area contributed by atoms with Crippen molar-refractivity contribution in [2.24, 2.45) is 20.5 Å². The summed E-state index contributed by atoms with van der Waals surface area (Å²) in [5, 5.41) is 22.1. The largest absolute Gasteiger partial charge is 0.492 e. The van der Waals surface area contributed by atoms with Crippen LogP contribution in [-0.2, 0) is 19.6 Å². The van der Waals surface area contributed by atoms with Crippen LogP contribution in [0, 0.1) is 0 Å². The highest BCUT2D eigenvalue weighted by molar-refractivity contribution is 5.57. The summed E-state index contributed by atoms with van der Waals surface area (Å²) < 4.78 is 19.9. The fraction of sp³-hybridized carbons (Fsp3) is 0.311. The second kappa shape index (κ2) is 26.4. The van der Waals surface area contributed by atoms with E-state index in [9.17, 15) is 0 Å². The summed E-state index contributed by atoms with van der Waals surface area (Å²) in [7, 11) is 8.13. The Balaban J connectivity index is 1.03. The zero-order valence-corrected chi connectivity index (χ0v) is 44.0. The van der Waals surface area contributed by atoms with E-state index < -0.39 is 0 Å². The van der Waals surface area contributed by atoms with Crippen LogP contribution in [0.5, 0.6) is 17.2 Å². The maximum atomic E-state index is 6.70. The van der Waals surface area contributed by atoms with Crippen molar-refractivity contribution >= 4 is 45.5 Å². The number of nitrogens with one attached hydrogen (secondary N) is 1. The third-order valence-corrected chi connectivity index (χ3v) is 13.7. The first-order chi connectivity index (χ1) is 36.8. The van der Waals surface area contributed by atoms with Crippen molar-refractivity contribution in [2.75, 3.05) is 127 Å². The van der Waals surface area contributed by atoms with Gasteiger partial charge in [0.1, 0.15) is 37.1 Å². The van der Waals surface area contributed by atoms with Gasteiger partial charge in [-0.3, -0.25) is 9.80 Å². The van der Waals surface area contributed by atoms with Crippen LogP contribution < -0.4 is 39.1 Å². The van der Waals surface area contributed by atoms with Crippen LogP contribution >= 0.6 is 0 Å². The van der Waals surface area contributed by atoms with E-state index in [-0.39, 0.29) is 0 Å². The van der Waals surface area contributed by atoms with E-state index in [0.717, 1.165) is 119 Å². The molecule has 3 heterocycles. The molecule has 2 bridgehead atoms. The maximum absolute atomic E-state index is 6.70. The van der Waals surface area contributed by atoms with E-state index in [1.807, 2.05) is 52.5 Å². The van der Waals surface area contributed by atoms with Crippen LogP contribution in [0.1, 0.15) is 16.7 Å². The van der Waals surface area contributed by atoms with Crippen molar-refractivity contribution in [3.63, 3.8) is 0 Å². The van der Waals surface area contributed by atoms with E-state index >= 15 is 0 Å². The molecule has 75 heavy (non-hydrogen) atoms. The molecular formula is C61H71N11O3. The molecule has 0 aromatic heterocycles. The molecule has 0 atom stereocenters. The first-order valence-electron chi connectivity index (χ1n) is 26.2. The van der Waals surface area contributed by atoms with Gasteiger partial charge in [0.2, 0.25) is 0 Å². The van der Waals surface area contributed by atoms with Gasteiger partial charge in [-0.25, -0.2) is 0 Å². The van der Waals surface area contributed by atoms with Gasteiger partial charge in [-0.2, -0.15) is 20.5 Å². The van der Waals surface area contributed by atoms with E-state index in [4.69, 9.17) is 14.2 Å². The molecule has 0 radical (unpaired) electrons. The predicted molar refractivity (Wildman–Crippen MR) is 305 cm³/mol. The fourth-order valence-electron chi connectivity index (χ4n) is 9.19. The van der Waals surface area contributed by atoms with Gasteiger partial charge in [0.05, 0.1) is 22.7 Å². The molecule has 0 aliphatic carbocycles. The Morgan fingerprint density at radius 3 is 1.12 bits per heavy atom. The summed E-state index contributed by atoms with van der Waals surface area (Å²) >= 11 is 0. The number of ether oxygens (including phenoxy) is 3. The monoisotopic (exact) mass is 1010 g/mol. The lowest BCUT2D eigenvalue weighted by molar-refractivity contribution is 0.152. The molecule has 3 aliphatic heterocycles. The number of hydrogen-bond acceptors (Lipinski definition) is 14. The Kier molecular flexibility index (Phi) is 18.4. The van der Waals surface area contributed by atoms with E-state index in [1.165, 1.54) is 0 Å². The Bertz CT molecular complexity index is 2740. The normalized spacial score (nSPS) is 17.4. The van der Waals surface area contributed by atoms with Gasteiger partial charge in [-0.15, -0.1) is 0 Å². The minimum Gasteiger partial charge on any atom is -0.492 e.